The van der Waals surface area contributed by atoms with Crippen molar-refractivity contribution < 1.29 is 4.74 Å². The average Bonchev–Trinajstić information content (AvgIpc) is 2.47. The number of benzene rings is 1. The highest BCUT2D eigenvalue weighted by atomic mass is 16.5. The molecule has 4 heteroatoms. The first-order chi connectivity index (χ1) is 9.26. The minimum atomic E-state index is 0.662. The zero-order chi connectivity index (χ0) is 13.7. The lowest BCUT2D eigenvalue weighted by atomic mass is 10.1. The fourth-order valence-electron chi connectivity index (χ4n) is 1.84. The Morgan fingerprint density at radius 2 is 2.00 bits per heavy atom. The molecule has 0 unspecified atom stereocenters. The Hall–Kier alpha value is -2.10. The molecule has 0 radical (unpaired) electrons. The van der Waals surface area contributed by atoms with Crippen LogP contribution >= 0.6 is 0 Å². The molecule has 1 heterocycles. The van der Waals surface area contributed by atoms with Crippen LogP contribution in [0.4, 0.5) is 5.82 Å². The smallest absolute Gasteiger partial charge is 0.131 e. The molecule has 0 atom stereocenters. The second-order valence-corrected chi connectivity index (χ2v) is 4.12. The van der Waals surface area contributed by atoms with E-state index >= 15 is 0 Å². The van der Waals surface area contributed by atoms with E-state index in [2.05, 4.69) is 22.2 Å². The number of nitrogens with one attached hydrogen (secondary N) is 1. The molecule has 2 rings (SSSR count). The van der Waals surface area contributed by atoms with Gasteiger partial charge in [0.15, 0.2) is 0 Å². The monoisotopic (exact) mass is 257 g/mol. The van der Waals surface area contributed by atoms with Crippen LogP contribution < -0.4 is 10.1 Å². The van der Waals surface area contributed by atoms with Crippen LogP contribution in [0.1, 0.15) is 19.7 Å². The van der Waals surface area contributed by atoms with E-state index in [1.54, 1.807) is 0 Å². The van der Waals surface area contributed by atoms with Crippen molar-refractivity contribution in [2.45, 2.75) is 20.3 Å². The first kappa shape index (κ1) is 13.3. The standard InChI is InChI=1S/C15H19N3O/c1-4-14-17-13(10-15(16-3)18-14)11-7-6-8-12(9-11)19-5-2/h6-10H,4-5H2,1-3H3,(H,16,17,18). The SMILES string of the molecule is CCOc1cccc(-c2cc(NC)nc(CC)n2)c1. The number of hydrogen-bond donors (Lipinski definition) is 1. The van der Waals surface area contributed by atoms with Crippen molar-refractivity contribution in [3.63, 3.8) is 0 Å². The van der Waals surface area contributed by atoms with E-state index in [4.69, 9.17) is 4.74 Å². The first-order valence-electron chi connectivity index (χ1n) is 6.55. The van der Waals surface area contributed by atoms with Crippen LogP contribution in [0.5, 0.6) is 5.75 Å². The lowest BCUT2D eigenvalue weighted by Gasteiger charge is -2.08. The molecular formula is C15H19N3O. The molecule has 0 spiro atoms. The van der Waals surface area contributed by atoms with E-state index in [0.29, 0.717) is 6.61 Å². The Morgan fingerprint density at radius 1 is 1.16 bits per heavy atom. The molecule has 1 N–H and O–H groups in total. The van der Waals surface area contributed by atoms with Gasteiger partial charge in [-0.25, -0.2) is 9.97 Å². The number of nitrogens with zero attached hydrogens (tertiary/aromatic N) is 2. The van der Waals surface area contributed by atoms with Gasteiger partial charge in [0.1, 0.15) is 17.4 Å². The van der Waals surface area contributed by atoms with Crippen molar-refractivity contribution in [3.8, 4) is 17.0 Å². The summed E-state index contributed by atoms with van der Waals surface area (Å²) in [4.78, 5) is 8.97. The number of hydrogen-bond acceptors (Lipinski definition) is 4. The summed E-state index contributed by atoms with van der Waals surface area (Å²) in [5.41, 5.74) is 1.96. The summed E-state index contributed by atoms with van der Waals surface area (Å²) < 4.78 is 5.52. The summed E-state index contributed by atoms with van der Waals surface area (Å²) in [6.45, 7) is 4.69. The van der Waals surface area contributed by atoms with E-state index in [1.165, 1.54) is 0 Å². The first-order valence-corrected chi connectivity index (χ1v) is 6.55. The Bertz CT molecular complexity index is 533. The Labute approximate surface area is 113 Å². The second-order valence-electron chi connectivity index (χ2n) is 4.12. The van der Waals surface area contributed by atoms with Gasteiger partial charge in [0.25, 0.3) is 0 Å². The Kier molecular flexibility index (Phi) is 4.34. The van der Waals surface area contributed by atoms with Gasteiger partial charge >= 0.3 is 0 Å². The van der Waals surface area contributed by atoms with Gasteiger partial charge in [0.2, 0.25) is 0 Å². The second kappa shape index (κ2) is 6.18. The molecule has 1 aromatic heterocycles. The van der Waals surface area contributed by atoms with E-state index in [0.717, 1.165) is 35.1 Å². The summed E-state index contributed by atoms with van der Waals surface area (Å²) in [7, 11) is 1.86. The Morgan fingerprint density at radius 3 is 2.68 bits per heavy atom. The maximum Gasteiger partial charge on any atom is 0.131 e. The number of anilines is 1. The number of ether oxygens (including phenoxy) is 1. The quantitative estimate of drug-likeness (QED) is 0.893. The summed E-state index contributed by atoms with van der Waals surface area (Å²) >= 11 is 0. The average molecular weight is 257 g/mol. The van der Waals surface area contributed by atoms with Crippen LogP contribution in [-0.4, -0.2) is 23.6 Å². The molecule has 0 saturated carbocycles. The third kappa shape index (κ3) is 3.22. The molecule has 100 valence electrons. The minimum absolute atomic E-state index is 0.662. The van der Waals surface area contributed by atoms with Gasteiger partial charge in [-0.1, -0.05) is 19.1 Å². The highest BCUT2D eigenvalue weighted by Crippen LogP contribution is 2.24. The van der Waals surface area contributed by atoms with Gasteiger partial charge in [0.05, 0.1) is 12.3 Å². The van der Waals surface area contributed by atoms with Crippen molar-refractivity contribution in [2.24, 2.45) is 0 Å². The molecule has 0 aliphatic heterocycles. The van der Waals surface area contributed by atoms with Crippen molar-refractivity contribution in [2.75, 3.05) is 19.0 Å². The molecular weight excluding hydrogens is 238 g/mol. The number of rotatable bonds is 5. The topological polar surface area (TPSA) is 47.0 Å². The molecule has 0 saturated heterocycles. The van der Waals surface area contributed by atoms with Crippen molar-refractivity contribution in [1.82, 2.24) is 9.97 Å². The van der Waals surface area contributed by atoms with E-state index in [1.807, 2.05) is 44.3 Å². The normalized spacial score (nSPS) is 10.3. The zero-order valence-corrected chi connectivity index (χ0v) is 11.6. The van der Waals surface area contributed by atoms with Crippen LogP contribution in [0.25, 0.3) is 11.3 Å². The van der Waals surface area contributed by atoms with Gasteiger partial charge in [-0.2, -0.15) is 0 Å². The van der Waals surface area contributed by atoms with Gasteiger partial charge < -0.3 is 10.1 Å². The van der Waals surface area contributed by atoms with Crippen LogP contribution in [0.2, 0.25) is 0 Å². The third-order valence-electron chi connectivity index (χ3n) is 2.79. The van der Waals surface area contributed by atoms with Gasteiger partial charge in [-0.05, 0) is 19.1 Å². The summed E-state index contributed by atoms with van der Waals surface area (Å²) in [5, 5.41) is 3.07. The van der Waals surface area contributed by atoms with Crippen LogP contribution in [-0.2, 0) is 6.42 Å². The van der Waals surface area contributed by atoms with Crippen molar-refractivity contribution >= 4 is 5.82 Å². The summed E-state index contributed by atoms with van der Waals surface area (Å²) in [6, 6.07) is 9.92. The van der Waals surface area contributed by atoms with Crippen LogP contribution in [0.3, 0.4) is 0 Å². The lowest BCUT2D eigenvalue weighted by molar-refractivity contribution is 0.340. The molecule has 2 aromatic rings. The van der Waals surface area contributed by atoms with Gasteiger partial charge in [-0.15, -0.1) is 0 Å². The van der Waals surface area contributed by atoms with E-state index in [9.17, 15) is 0 Å². The fourth-order valence-corrected chi connectivity index (χ4v) is 1.84. The lowest BCUT2D eigenvalue weighted by Crippen LogP contribution is -2.01. The largest absolute Gasteiger partial charge is 0.494 e. The minimum Gasteiger partial charge on any atom is -0.494 e. The summed E-state index contributed by atoms with van der Waals surface area (Å²) in [6.07, 6.45) is 0.813. The highest BCUT2D eigenvalue weighted by Gasteiger charge is 2.06. The molecule has 0 bridgehead atoms. The van der Waals surface area contributed by atoms with E-state index < -0.39 is 0 Å². The van der Waals surface area contributed by atoms with Gasteiger partial charge in [-0.3, -0.25) is 0 Å². The molecule has 4 nitrogen and oxygen atoms in total. The summed E-state index contributed by atoms with van der Waals surface area (Å²) in [5.74, 6) is 2.54. The zero-order valence-electron chi connectivity index (χ0n) is 11.6. The predicted molar refractivity (Wildman–Crippen MR) is 77.6 cm³/mol. The number of aromatic nitrogens is 2. The maximum absolute atomic E-state index is 5.52. The predicted octanol–water partition coefficient (Wildman–Crippen LogP) is 3.15. The van der Waals surface area contributed by atoms with Gasteiger partial charge in [0, 0.05) is 25.1 Å². The molecule has 0 aliphatic carbocycles. The van der Waals surface area contributed by atoms with Crippen molar-refractivity contribution in [3.05, 3.63) is 36.2 Å². The fraction of sp³-hybridized carbons (Fsp3) is 0.333. The molecule has 0 amide bonds. The molecule has 0 fully saturated rings. The van der Waals surface area contributed by atoms with E-state index in [-0.39, 0.29) is 0 Å². The maximum atomic E-state index is 5.52. The third-order valence-corrected chi connectivity index (χ3v) is 2.79. The molecule has 0 aliphatic rings. The van der Waals surface area contributed by atoms with Crippen LogP contribution in [0, 0.1) is 0 Å². The Balaban J connectivity index is 2.42. The van der Waals surface area contributed by atoms with Crippen LogP contribution in [0.15, 0.2) is 30.3 Å². The number of aryl methyl sites for hydroxylation is 1. The molecule has 19 heavy (non-hydrogen) atoms. The van der Waals surface area contributed by atoms with Crippen molar-refractivity contribution in [1.29, 1.82) is 0 Å². The molecule has 1 aromatic carbocycles. The highest BCUT2D eigenvalue weighted by molar-refractivity contribution is 5.64.